The van der Waals surface area contributed by atoms with Gasteiger partial charge in [-0.15, -0.1) is 0 Å². The van der Waals surface area contributed by atoms with E-state index in [1.54, 1.807) is 18.3 Å². The van der Waals surface area contributed by atoms with Gasteiger partial charge in [0.1, 0.15) is 5.82 Å². The number of hydrogen-bond acceptors (Lipinski definition) is 5. The Morgan fingerprint density at radius 1 is 1.25 bits per heavy atom. The van der Waals surface area contributed by atoms with Gasteiger partial charge in [-0.3, -0.25) is 4.98 Å². The van der Waals surface area contributed by atoms with Crippen LogP contribution in [0.5, 0.6) is 0 Å². The van der Waals surface area contributed by atoms with Gasteiger partial charge < -0.3 is 10.1 Å². The molecule has 1 N–H and O–H groups in total. The van der Waals surface area contributed by atoms with Crippen molar-refractivity contribution in [3.8, 4) is 11.4 Å². The van der Waals surface area contributed by atoms with Gasteiger partial charge in [0.25, 0.3) is 0 Å². The van der Waals surface area contributed by atoms with Crippen LogP contribution in [0.3, 0.4) is 0 Å². The van der Waals surface area contributed by atoms with Crippen LogP contribution in [-0.2, 0) is 10.9 Å². The second kappa shape index (κ2) is 8.86. The van der Waals surface area contributed by atoms with Crippen molar-refractivity contribution in [2.24, 2.45) is 5.92 Å². The van der Waals surface area contributed by atoms with Gasteiger partial charge in [0.15, 0.2) is 11.5 Å². The maximum absolute atomic E-state index is 13.3. The van der Waals surface area contributed by atoms with Gasteiger partial charge in [0.2, 0.25) is 0 Å². The maximum atomic E-state index is 13.3. The molecule has 1 saturated heterocycles. The summed E-state index contributed by atoms with van der Waals surface area (Å²) in [5.41, 5.74) is -0.522. The van der Waals surface area contributed by atoms with Crippen molar-refractivity contribution in [2.75, 3.05) is 11.9 Å². The molecule has 0 saturated carbocycles. The number of nitrogens with one attached hydrogen (secondary N) is 1. The molecule has 8 heteroatoms. The molecular formula is C20H25F3N4O. The zero-order valence-electron chi connectivity index (χ0n) is 16.0. The molecule has 1 fully saturated rings. The molecule has 2 aromatic heterocycles. The third-order valence-electron chi connectivity index (χ3n) is 5.18. The van der Waals surface area contributed by atoms with Crippen LogP contribution in [0.1, 0.15) is 45.2 Å². The fourth-order valence-electron chi connectivity index (χ4n) is 3.60. The first-order chi connectivity index (χ1) is 13.4. The Bertz CT molecular complexity index is 766. The Balaban J connectivity index is 1.85. The largest absolute Gasteiger partial charge is 0.433 e. The van der Waals surface area contributed by atoms with Crippen LogP contribution >= 0.6 is 0 Å². The summed E-state index contributed by atoms with van der Waals surface area (Å²) in [7, 11) is 0. The number of nitrogens with zero attached hydrogens (tertiary/aromatic N) is 3. The third-order valence-corrected chi connectivity index (χ3v) is 5.18. The summed E-state index contributed by atoms with van der Waals surface area (Å²) in [6, 6.07) is 4.27. The van der Waals surface area contributed by atoms with Crippen molar-refractivity contribution in [3.05, 3.63) is 36.3 Å². The maximum Gasteiger partial charge on any atom is 0.433 e. The first kappa shape index (κ1) is 20.5. The van der Waals surface area contributed by atoms with E-state index in [1.807, 2.05) is 0 Å². The Kier molecular flexibility index (Phi) is 6.49. The van der Waals surface area contributed by atoms with Crippen LogP contribution < -0.4 is 5.32 Å². The van der Waals surface area contributed by atoms with E-state index in [0.29, 0.717) is 18.1 Å². The SMILES string of the molecule is CCC(CC)C1CC(Nc2cc(C(F)(F)F)nc(-c3cccnc3)n2)CCO1. The summed E-state index contributed by atoms with van der Waals surface area (Å²) in [4.78, 5) is 12.0. The zero-order chi connectivity index (χ0) is 20.1. The molecule has 3 rings (SSSR count). The van der Waals surface area contributed by atoms with Gasteiger partial charge in [0, 0.05) is 36.7 Å². The summed E-state index contributed by atoms with van der Waals surface area (Å²) < 4.78 is 45.9. The second-order valence-corrected chi connectivity index (χ2v) is 7.05. The molecule has 28 heavy (non-hydrogen) atoms. The number of aromatic nitrogens is 3. The highest BCUT2D eigenvalue weighted by Gasteiger charge is 2.34. The highest BCUT2D eigenvalue weighted by molar-refractivity contribution is 5.56. The van der Waals surface area contributed by atoms with Crippen LogP contribution in [0.15, 0.2) is 30.6 Å². The van der Waals surface area contributed by atoms with E-state index < -0.39 is 11.9 Å². The second-order valence-electron chi connectivity index (χ2n) is 7.05. The Morgan fingerprint density at radius 2 is 2.04 bits per heavy atom. The number of alkyl halides is 3. The molecule has 2 atom stereocenters. The summed E-state index contributed by atoms with van der Waals surface area (Å²) in [5.74, 6) is 0.636. The van der Waals surface area contributed by atoms with Gasteiger partial charge in [0.05, 0.1) is 6.10 Å². The quantitative estimate of drug-likeness (QED) is 0.751. The molecular weight excluding hydrogens is 369 g/mol. The number of ether oxygens (including phenoxy) is 1. The highest BCUT2D eigenvalue weighted by atomic mass is 19.4. The fourth-order valence-corrected chi connectivity index (χ4v) is 3.60. The van der Waals surface area contributed by atoms with E-state index in [9.17, 15) is 13.2 Å². The van der Waals surface area contributed by atoms with Crippen LogP contribution in [0.4, 0.5) is 19.0 Å². The van der Waals surface area contributed by atoms with Crippen LogP contribution in [-0.4, -0.2) is 33.7 Å². The van der Waals surface area contributed by atoms with Gasteiger partial charge in [-0.05, 0) is 30.9 Å². The molecule has 0 spiro atoms. The lowest BCUT2D eigenvalue weighted by atomic mass is 9.89. The Labute approximate surface area is 162 Å². The van der Waals surface area contributed by atoms with Gasteiger partial charge in [-0.25, -0.2) is 9.97 Å². The van der Waals surface area contributed by atoms with Crippen molar-refractivity contribution in [3.63, 3.8) is 0 Å². The normalized spacial score (nSPS) is 20.4. The molecule has 2 aromatic rings. The molecule has 0 aromatic carbocycles. The minimum atomic E-state index is -4.55. The van der Waals surface area contributed by atoms with Crippen LogP contribution in [0.2, 0.25) is 0 Å². The number of rotatable bonds is 6. The molecule has 2 unspecified atom stereocenters. The molecule has 1 aliphatic heterocycles. The first-order valence-electron chi connectivity index (χ1n) is 9.65. The van der Waals surface area contributed by atoms with Crippen LogP contribution in [0, 0.1) is 5.92 Å². The molecule has 152 valence electrons. The van der Waals surface area contributed by atoms with E-state index in [1.165, 1.54) is 6.20 Å². The predicted octanol–water partition coefficient (Wildman–Crippen LogP) is 4.95. The monoisotopic (exact) mass is 394 g/mol. The molecule has 1 aliphatic rings. The molecule has 5 nitrogen and oxygen atoms in total. The predicted molar refractivity (Wildman–Crippen MR) is 101 cm³/mol. The minimum Gasteiger partial charge on any atom is -0.378 e. The number of halogens is 3. The minimum absolute atomic E-state index is 0.00836. The van der Waals surface area contributed by atoms with E-state index in [4.69, 9.17) is 4.74 Å². The summed E-state index contributed by atoms with van der Waals surface area (Å²) >= 11 is 0. The van der Waals surface area contributed by atoms with Crippen molar-refractivity contribution in [1.29, 1.82) is 0 Å². The van der Waals surface area contributed by atoms with Crippen LogP contribution in [0.25, 0.3) is 11.4 Å². The molecule has 3 heterocycles. The summed E-state index contributed by atoms with van der Waals surface area (Å²) in [6.07, 6.45) is 2.08. The van der Waals surface area contributed by atoms with Gasteiger partial charge in [-0.1, -0.05) is 26.7 Å². The molecule has 0 radical (unpaired) electrons. The molecule has 0 aliphatic carbocycles. The lowest BCUT2D eigenvalue weighted by molar-refractivity contribution is -0.141. The van der Waals surface area contributed by atoms with E-state index in [0.717, 1.165) is 31.7 Å². The smallest absolute Gasteiger partial charge is 0.378 e. The number of pyridine rings is 1. The van der Waals surface area contributed by atoms with E-state index in [-0.39, 0.29) is 23.8 Å². The highest BCUT2D eigenvalue weighted by Crippen LogP contribution is 2.32. The van der Waals surface area contributed by atoms with Gasteiger partial charge in [-0.2, -0.15) is 13.2 Å². The molecule has 0 amide bonds. The average molecular weight is 394 g/mol. The Hall–Kier alpha value is -2.22. The van der Waals surface area contributed by atoms with E-state index >= 15 is 0 Å². The van der Waals surface area contributed by atoms with Crippen molar-refractivity contribution in [2.45, 2.75) is 57.9 Å². The lowest BCUT2D eigenvalue weighted by Crippen LogP contribution is -2.38. The van der Waals surface area contributed by atoms with Crippen molar-refractivity contribution in [1.82, 2.24) is 15.0 Å². The average Bonchev–Trinajstić information content (AvgIpc) is 2.69. The number of hydrogen-bond donors (Lipinski definition) is 1. The van der Waals surface area contributed by atoms with Gasteiger partial charge >= 0.3 is 6.18 Å². The Morgan fingerprint density at radius 3 is 2.68 bits per heavy atom. The van der Waals surface area contributed by atoms with Crippen molar-refractivity contribution < 1.29 is 17.9 Å². The fraction of sp³-hybridized carbons (Fsp3) is 0.550. The zero-order valence-corrected chi connectivity index (χ0v) is 16.0. The van der Waals surface area contributed by atoms with E-state index in [2.05, 4.69) is 34.1 Å². The standard InChI is InChI=1S/C20H25F3N4O/c1-3-13(4-2)16-10-15(7-9-28-16)25-18-11-17(20(21,22)23)26-19(27-18)14-6-5-8-24-12-14/h5-6,8,11-13,15-16H,3-4,7,9-10H2,1-2H3,(H,25,26,27). The third kappa shape index (κ3) is 4.98. The first-order valence-corrected chi connectivity index (χ1v) is 9.65. The lowest BCUT2D eigenvalue weighted by Gasteiger charge is -2.34. The van der Waals surface area contributed by atoms with Crippen molar-refractivity contribution >= 4 is 5.82 Å². The molecule has 0 bridgehead atoms. The topological polar surface area (TPSA) is 59.9 Å². The summed E-state index contributed by atoms with van der Waals surface area (Å²) in [6.45, 7) is 4.86. The number of anilines is 1. The summed E-state index contributed by atoms with van der Waals surface area (Å²) in [5, 5.41) is 3.19.